The Bertz CT molecular complexity index is 506. The first-order chi connectivity index (χ1) is 7.15. The van der Waals surface area contributed by atoms with Crippen LogP contribution >= 0.6 is 27.3 Å². The lowest BCUT2D eigenvalue weighted by Crippen LogP contribution is -1.93. The normalized spacial score (nSPS) is 10.8. The van der Waals surface area contributed by atoms with Gasteiger partial charge < -0.3 is 4.79 Å². The molecule has 4 heteroatoms. The first-order valence-corrected chi connectivity index (χ1v) is 6.30. The van der Waals surface area contributed by atoms with Crippen LogP contribution in [0.1, 0.15) is 18.9 Å². The van der Waals surface area contributed by atoms with Crippen molar-refractivity contribution in [1.29, 1.82) is 0 Å². The van der Waals surface area contributed by atoms with E-state index in [1.165, 1.54) is 10.3 Å². The summed E-state index contributed by atoms with van der Waals surface area (Å²) in [7, 11) is 0. The van der Waals surface area contributed by atoms with Gasteiger partial charge >= 0.3 is 0 Å². The molecule has 0 spiro atoms. The number of aryl methyl sites for hydroxylation is 1. The molecule has 0 saturated carbocycles. The van der Waals surface area contributed by atoms with Gasteiger partial charge in [0.15, 0.2) is 3.92 Å². The number of ketones is 1. The average Bonchev–Trinajstić information content (AvgIpc) is 2.53. The van der Waals surface area contributed by atoms with E-state index in [2.05, 4.69) is 27.0 Å². The molecule has 0 aliphatic rings. The number of rotatable bonds is 3. The Morgan fingerprint density at radius 1 is 1.53 bits per heavy atom. The number of aromatic nitrogens is 1. The predicted molar refractivity (Wildman–Crippen MR) is 66.3 cm³/mol. The molecular weight excluding hydrogens is 274 g/mol. The van der Waals surface area contributed by atoms with E-state index >= 15 is 0 Å². The smallest absolute Gasteiger partial charge is 0.160 e. The van der Waals surface area contributed by atoms with Crippen molar-refractivity contribution < 1.29 is 4.79 Å². The van der Waals surface area contributed by atoms with Crippen molar-refractivity contribution in [2.45, 2.75) is 19.8 Å². The number of thiazole rings is 1. The van der Waals surface area contributed by atoms with Gasteiger partial charge in [0.25, 0.3) is 0 Å². The zero-order valence-electron chi connectivity index (χ0n) is 8.29. The summed E-state index contributed by atoms with van der Waals surface area (Å²) in [6.07, 6.45) is 1.44. The van der Waals surface area contributed by atoms with E-state index in [1.54, 1.807) is 18.3 Å². The molecule has 0 unspecified atom stereocenters. The first-order valence-electron chi connectivity index (χ1n) is 4.69. The Hall–Kier alpha value is -0.740. The van der Waals surface area contributed by atoms with Crippen LogP contribution in [-0.2, 0) is 11.2 Å². The number of benzene rings is 1. The molecule has 15 heavy (non-hydrogen) atoms. The summed E-state index contributed by atoms with van der Waals surface area (Å²) >= 11 is 4.99. The van der Waals surface area contributed by atoms with Crippen LogP contribution in [0, 0.1) is 0 Å². The largest absolute Gasteiger partial charge is 0.300 e. The molecule has 1 aromatic carbocycles. The molecule has 2 nitrogen and oxygen atoms in total. The van der Waals surface area contributed by atoms with Crippen molar-refractivity contribution in [3.8, 4) is 0 Å². The van der Waals surface area contributed by atoms with Gasteiger partial charge in [-0.05, 0) is 47.0 Å². The van der Waals surface area contributed by atoms with Crippen LogP contribution in [0.5, 0.6) is 0 Å². The Balaban J connectivity index is 2.26. The highest BCUT2D eigenvalue weighted by molar-refractivity contribution is 9.11. The van der Waals surface area contributed by atoms with Crippen molar-refractivity contribution in [3.63, 3.8) is 0 Å². The van der Waals surface area contributed by atoms with Crippen molar-refractivity contribution >= 4 is 43.3 Å². The van der Waals surface area contributed by atoms with Gasteiger partial charge in [-0.3, -0.25) is 0 Å². The number of halogens is 1. The van der Waals surface area contributed by atoms with Gasteiger partial charge in [0.1, 0.15) is 5.78 Å². The Kier molecular flexibility index (Phi) is 3.17. The maximum atomic E-state index is 10.9. The predicted octanol–water partition coefficient (Wildman–Crippen LogP) is 3.58. The molecule has 2 aromatic rings. The van der Waals surface area contributed by atoms with Gasteiger partial charge in [0, 0.05) is 6.42 Å². The van der Waals surface area contributed by atoms with E-state index in [0.717, 1.165) is 15.9 Å². The SMILES string of the molecule is CC(=O)CCc1ccc2nc(Br)sc2c1. The Morgan fingerprint density at radius 2 is 2.33 bits per heavy atom. The highest BCUT2D eigenvalue weighted by atomic mass is 79.9. The van der Waals surface area contributed by atoms with Crippen LogP contribution in [0.25, 0.3) is 10.2 Å². The molecule has 1 aromatic heterocycles. The van der Waals surface area contributed by atoms with E-state index < -0.39 is 0 Å². The molecule has 0 saturated heterocycles. The van der Waals surface area contributed by atoms with E-state index in [1.807, 2.05) is 12.1 Å². The molecule has 2 rings (SSSR count). The zero-order valence-corrected chi connectivity index (χ0v) is 10.7. The summed E-state index contributed by atoms with van der Waals surface area (Å²) in [5.41, 5.74) is 2.22. The molecule has 0 N–H and O–H groups in total. The van der Waals surface area contributed by atoms with Crippen molar-refractivity contribution in [2.75, 3.05) is 0 Å². The maximum Gasteiger partial charge on any atom is 0.160 e. The standard InChI is InChI=1S/C11H10BrNOS/c1-7(14)2-3-8-4-5-9-10(6-8)15-11(12)13-9/h4-6H,2-3H2,1H3. The Morgan fingerprint density at radius 3 is 3.07 bits per heavy atom. The molecule has 0 aliphatic heterocycles. The number of carbonyl (C=O) groups excluding carboxylic acids is 1. The van der Waals surface area contributed by atoms with Gasteiger partial charge in [-0.25, -0.2) is 4.98 Å². The van der Waals surface area contributed by atoms with E-state index in [4.69, 9.17) is 0 Å². The summed E-state index contributed by atoms with van der Waals surface area (Å²) < 4.78 is 2.07. The third-order valence-corrected chi connectivity index (χ3v) is 3.66. The van der Waals surface area contributed by atoms with Crippen LogP contribution in [0.2, 0.25) is 0 Å². The molecule has 0 radical (unpaired) electrons. The fraction of sp³-hybridized carbons (Fsp3) is 0.273. The Labute approximate surface area is 100 Å². The molecule has 0 fully saturated rings. The minimum absolute atomic E-state index is 0.237. The minimum Gasteiger partial charge on any atom is -0.300 e. The van der Waals surface area contributed by atoms with Crippen molar-refractivity contribution in [2.24, 2.45) is 0 Å². The lowest BCUT2D eigenvalue weighted by Gasteiger charge is -1.98. The van der Waals surface area contributed by atoms with Crippen LogP contribution in [-0.4, -0.2) is 10.8 Å². The topological polar surface area (TPSA) is 30.0 Å². The lowest BCUT2D eigenvalue weighted by molar-refractivity contribution is -0.116. The van der Waals surface area contributed by atoms with Gasteiger partial charge in [-0.2, -0.15) is 0 Å². The van der Waals surface area contributed by atoms with Crippen LogP contribution in [0.15, 0.2) is 22.1 Å². The number of hydrogen-bond donors (Lipinski definition) is 0. The van der Waals surface area contributed by atoms with Gasteiger partial charge in [-0.1, -0.05) is 6.07 Å². The number of Topliss-reactive ketones (excluding diaryl/α,β-unsaturated/α-hetero) is 1. The summed E-state index contributed by atoms with van der Waals surface area (Å²) in [5, 5.41) is 0. The zero-order chi connectivity index (χ0) is 10.8. The molecular formula is C11H10BrNOS. The molecule has 1 heterocycles. The number of carbonyl (C=O) groups is 1. The second-order valence-electron chi connectivity index (χ2n) is 3.47. The summed E-state index contributed by atoms with van der Waals surface area (Å²) in [4.78, 5) is 15.2. The maximum absolute atomic E-state index is 10.9. The summed E-state index contributed by atoms with van der Waals surface area (Å²) in [6, 6.07) is 6.16. The molecule has 0 amide bonds. The van der Waals surface area contributed by atoms with Crippen LogP contribution in [0.4, 0.5) is 0 Å². The van der Waals surface area contributed by atoms with Gasteiger partial charge in [0.05, 0.1) is 10.2 Å². The fourth-order valence-electron chi connectivity index (χ4n) is 1.42. The number of nitrogens with zero attached hydrogens (tertiary/aromatic N) is 1. The van der Waals surface area contributed by atoms with Crippen LogP contribution < -0.4 is 0 Å². The fourth-order valence-corrected chi connectivity index (χ4v) is 2.89. The quantitative estimate of drug-likeness (QED) is 0.862. The number of hydrogen-bond acceptors (Lipinski definition) is 3. The second-order valence-corrected chi connectivity index (χ2v) is 5.78. The van der Waals surface area contributed by atoms with Crippen molar-refractivity contribution in [1.82, 2.24) is 4.98 Å². The first kappa shape index (κ1) is 10.8. The summed E-state index contributed by atoms with van der Waals surface area (Å²) in [6.45, 7) is 1.63. The van der Waals surface area contributed by atoms with E-state index in [9.17, 15) is 4.79 Å². The molecule has 0 atom stereocenters. The second kappa shape index (κ2) is 4.41. The van der Waals surface area contributed by atoms with E-state index in [-0.39, 0.29) is 5.78 Å². The third kappa shape index (κ3) is 2.63. The molecule has 0 aliphatic carbocycles. The lowest BCUT2D eigenvalue weighted by atomic mass is 10.1. The highest BCUT2D eigenvalue weighted by Gasteiger charge is 2.03. The van der Waals surface area contributed by atoms with Crippen LogP contribution in [0.3, 0.4) is 0 Å². The average molecular weight is 284 g/mol. The van der Waals surface area contributed by atoms with E-state index in [0.29, 0.717) is 6.42 Å². The molecule has 0 bridgehead atoms. The van der Waals surface area contributed by atoms with Gasteiger partial charge in [-0.15, -0.1) is 11.3 Å². The van der Waals surface area contributed by atoms with Crippen molar-refractivity contribution in [3.05, 3.63) is 27.7 Å². The van der Waals surface area contributed by atoms with Gasteiger partial charge in [0.2, 0.25) is 0 Å². The number of fused-ring (bicyclic) bond motifs is 1. The highest BCUT2D eigenvalue weighted by Crippen LogP contribution is 2.27. The minimum atomic E-state index is 0.237. The summed E-state index contributed by atoms with van der Waals surface area (Å²) in [5.74, 6) is 0.237. The monoisotopic (exact) mass is 283 g/mol. The third-order valence-electron chi connectivity index (χ3n) is 2.19. The molecule has 78 valence electrons.